The first-order valence-corrected chi connectivity index (χ1v) is 8.36. The number of aromatic nitrogens is 1. The van der Waals surface area contributed by atoms with Crippen molar-refractivity contribution in [3.05, 3.63) is 52.7 Å². The van der Waals surface area contributed by atoms with Gasteiger partial charge in [-0.3, -0.25) is 4.79 Å². The van der Waals surface area contributed by atoms with Crippen molar-refractivity contribution in [1.29, 1.82) is 0 Å². The number of nitrogens with zero attached hydrogens (tertiary/aromatic N) is 2. The van der Waals surface area contributed by atoms with Gasteiger partial charge in [0.05, 0.1) is 23.4 Å². The van der Waals surface area contributed by atoms with Crippen LogP contribution in [0.3, 0.4) is 0 Å². The van der Waals surface area contributed by atoms with Gasteiger partial charge in [-0.05, 0) is 43.2 Å². The Hall–Kier alpha value is -2.60. The Morgan fingerprint density at radius 2 is 1.92 bits per heavy atom. The lowest BCUT2D eigenvalue weighted by Crippen LogP contribution is -2.27. The summed E-state index contributed by atoms with van der Waals surface area (Å²) in [7, 11) is 1.32. The first kappa shape index (κ1) is 17.2. The molecule has 0 aliphatic carbocycles. The van der Waals surface area contributed by atoms with Crippen LogP contribution in [0.2, 0.25) is 5.02 Å². The SMILES string of the molecule is COC(=O)c1ccc(Cl)c(Nc2cc(C(=O)N3CCCC3)ccn2)c1. The summed E-state index contributed by atoms with van der Waals surface area (Å²) in [5, 5.41) is 3.49. The van der Waals surface area contributed by atoms with Crippen molar-refractivity contribution in [2.24, 2.45) is 0 Å². The predicted molar refractivity (Wildman–Crippen MR) is 95.4 cm³/mol. The third-order valence-electron chi connectivity index (χ3n) is 4.05. The number of halogens is 1. The number of benzene rings is 1. The third kappa shape index (κ3) is 3.91. The molecular weight excluding hydrogens is 342 g/mol. The van der Waals surface area contributed by atoms with Gasteiger partial charge in [-0.2, -0.15) is 0 Å². The number of esters is 1. The van der Waals surface area contributed by atoms with E-state index in [1.807, 2.05) is 4.90 Å². The molecule has 1 fully saturated rings. The molecule has 0 radical (unpaired) electrons. The summed E-state index contributed by atoms with van der Waals surface area (Å²) in [6.07, 6.45) is 3.65. The van der Waals surface area contributed by atoms with Gasteiger partial charge in [-0.25, -0.2) is 9.78 Å². The number of hydrogen-bond donors (Lipinski definition) is 1. The van der Waals surface area contributed by atoms with Gasteiger partial charge in [0, 0.05) is 24.8 Å². The van der Waals surface area contributed by atoms with Gasteiger partial charge in [0.1, 0.15) is 5.82 Å². The molecule has 0 unspecified atom stereocenters. The highest BCUT2D eigenvalue weighted by Gasteiger charge is 2.20. The van der Waals surface area contributed by atoms with Crippen molar-refractivity contribution in [2.75, 3.05) is 25.5 Å². The minimum absolute atomic E-state index is 0.00245. The fourth-order valence-corrected chi connectivity index (χ4v) is 2.90. The van der Waals surface area contributed by atoms with Gasteiger partial charge < -0.3 is 15.0 Å². The fraction of sp³-hybridized carbons (Fsp3) is 0.278. The predicted octanol–water partition coefficient (Wildman–Crippen LogP) is 3.50. The first-order chi connectivity index (χ1) is 12.1. The standard InChI is InChI=1S/C18H18ClN3O3/c1-25-18(24)13-4-5-14(19)15(10-13)21-16-11-12(6-7-20-16)17(23)22-8-2-3-9-22/h4-7,10-11H,2-3,8-9H2,1H3,(H,20,21). The molecule has 1 aromatic carbocycles. The number of pyridine rings is 1. The molecule has 0 bridgehead atoms. The molecule has 0 atom stereocenters. The maximum Gasteiger partial charge on any atom is 0.337 e. The number of anilines is 2. The van der Waals surface area contributed by atoms with Crippen LogP contribution in [0.5, 0.6) is 0 Å². The van der Waals surface area contributed by atoms with Crippen molar-refractivity contribution in [1.82, 2.24) is 9.88 Å². The van der Waals surface area contributed by atoms with Gasteiger partial charge in [-0.1, -0.05) is 11.6 Å². The number of nitrogens with one attached hydrogen (secondary N) is 1. The second-order valence-electron chi connectivity index (χ2n) is 5.74. The molecule has 1 N–H and O–H groups in total. The maximum absolute atomic E-state index is 12.5. The van der Waals surface area contributed by atoms with Crippen LogP contribution in [0.1, 0.15) is 33.6 Å². The molecule has 1 aliphatic heterocycles. The first-order valence-electron chi connectivity index (χ1n) is 7.98. The molecule has 3 rings (SSSR count). The van der Waals surface area contributed by atoms with Crippen LogP contribution in [0, 0.1) is 0 Å². The second kappa shape index (κ2) is 7.53. The number of ether oxygens (including phenoxy) is 1. The topological polar surface area (TPSA) is 71.5 Å². The lowest BCUT2D eigenvalue weighted by atomic mass is 10.2. The van der Waals surface area contributed by atoms with Crippen molar-refractivity contribution in [3.8, 4) is 0 Å². The van der Waals surface area contributed by atoms with Crippen molar-refractivity contribution >= 4 is 35.0 Å². The lowest BCUT2D eigenvalue weighted by molar-refractivity contribution is 0.0600. The smallest absolute Gasteiger partial charge is 0.337 e. The zero-order valence-corrected chi connectivity index (χ0v) is 14.5. The summed E-state index contributed by atoms with van der Waals surface area (Å²) in [6.45, 7) is 1.58. The number of carbonyl (C=O) groups excluding carboxylic acids is 2. The van der Waals surface area contributed by atoms with Crippen LogP contribution in [-0.4, -0.2) is 42.0 Å². The van der Waals surface area contributed by atoms with E-state index >= 15 is 0 Å². The number of carbonyl (C=O) groups is 2. The van der Waals surface area contributed by atoms with E-state index in [9.17, 15) is 9.59 Å². The molecule has 130 valence electrons. The van der Waals surface area contributed by atoms with Crippen molar-refractivity contribution < 1.29 is 14.3 Å². The maximum atomic E-state index is 12.5. The third-order valence-corrected chi connectivity index (χ3v) is 4.38. The Labute approximate surface area is 150 Å². The van der Waals surface area contributed by atoms with E-state index in [0.29, 0.717) is 27.7 Å². The molecule has 2 aromatic rings. The molecule has 6 nitrogen and oxygen atoms in total. The highest BCUT2D eigenvalue weighted by molar-refractivity contribution is 6.33. The molecule has 1 amide bonds. The minimum atomic E-state index is -0.453. The summed E-state index contributed by atoms with van der Waals surface area (Å²) >= 11 is 6.18. The highest BCUT2D eigenvalue weighted by atomic mass is 35.5. The second-order valence-corrected chi connectivity index (χ2v) is 6.15. The normalized spacial score (nSPS) is 13.6. The number of rotatable bonds is 4. The lowest BCUT2D eigenvalue weighted by Gasteiger charge is -2.16. The molecule has 25 heavy (non-hydrogen) atoms. The Bertz CT molecular complexity index is 804. The van der Waals surface area contributed by atoms with Crippen molar-refractivity contribution in [2.45, 2.75) is 12.8 Å². The Balaban J connectivity index is 1.82. The van der Waals surface area contributed by atoms with E-state index in [4.69, 9.17) is 16.3 Å². The summed E-state index contributed by atoms with van der Waals surface area (Å²) in [5.74, 6) is 0.0250. The molecule has 7 heteroatoms. The summed E-state index contributed by atoms with van der Waals surface area (Å²) in [5.41, 5.74) is 1.46. The molecular formula is C18H18ClN3O3. The quantitative estimate of drug-likeness (QED) is 0.846. The molecule has 2 heterocycles. The fourth-order valence-electron chi connectivity index (χ4n) is 2.74. The van der Waals surface area contributed by atoms with E-state index < -0.39 is 5.97 Å². The van der Waals surface area contributed by atoms with Gasteiger partial charge in [0.25, 0.3) is 5.91 Å². The van der Waals surface area contributed by atoms with Gasteiger partial charge >= 0.3 is 5.97 Å². The van der Waals surface area contributed by atoms with E-state index in [2.05, 4.69) is 10.3 Å². The van der Waals surface area contributed by atoms with Crippen LogP contribution in [0.15, 0.2) is 36.5 Å². The van der Waals surface area contributed by atoms with E-state index in [-0.39, 0.29) is 5.91 Å². The summed E-state index contributed by atoms with van der Waals surface area (Å²) in [4.78, 5) is 30.2. The van der Waals surface area contributed by atoms with Gasteiger partial charge in [0.2, 0.25) is 0 Å². The zero-order chi connectivity index (χ0) is 17.8. The van der Waals surface area contributed by atoms with Crippen LogP contribution in [0.4, 0.5) is 11.5 Å². The Morgan fingerprint density at radius 3 is 2.64 bits per heavy atom. The summed E-state index contributed by atoms with van der Waals surface area (Å²) in [6, 6.07) is 8.15. The van der Waals surface area contributed by atoms with Gasteiger partial charge in [-0.15, -0.1) is 0 Å². The van der Waals surface area contributed by atoms with E-state index in [0.717, 1.165) is 25.9 Å². The Kier molecular flexibility index (Phi) is 5.19. The number of hydrogen-bond acceptors (Lipinski definition) is 5. The Morgan fingerprint density at radius 1 is 1.16 bits per heavy atom. The monoisotopic (exact) mass is 359 g/mol. The average molecular weight is 360 g/mol. The zero-order valence-electron chi connectivity index (χ0n) is 13.8. The highest BCUT2D eigenvalue weighted by Crippen LogP contribution is 2.26. The summed E-state index contributed by atoms with van der Waals surface area (Å²) < 4.78 is 4.71. The van der Waals surface area contributed by atoms with Crippen LogP contribution in [0.25, 0.3) is 0 Å². The molecule has 0 spiro atoms. The average Bonchev–Trinajstić information content (AvgIpc) is 3.17. The minimum Gasteiger partial charge on any atom is -0.465 e. The number of likely N-dealkylation sites (tertiary alicyclic amines) is 1. The molecule has 1 aliphatic rings. The molecule has 1 aromatic heterocycles. The van der Waals surface area contributed by atoms with Crippen LogP contribution < -0.4 is 5.32 Å². The number of amides is 1. The van der Waals surface area contributed by atoms with Crippen LogP contribution in [-0.2, 0) is 4.74 Å². The largest absolute Gasteiger partial charge is 0.465 e. The van der Waals surface area contributed by atoms with Gasteiger partial charge in [0.15, 0.2) is 0 Å². The van der Waals surface area contributed by atoms with Crippen LogP contribution >= 0.6 is 11.6 Å². The molecule has 1 saturated heterocycles. The van der Waals surface area contributed by atoms with E-state index in [1.165, 1.54) is 7.11 Å². The molecule has 0 saturated carbocycles. The van der Waals surface area contributed by atoms with Crippen molar-refractivity contribution in [3.63, 3.8) is 0 Å². The van der Waals surface area contributed by atoms with E-state index in [1.54, 1.807) is 36.5 Å². The number of methoxy groups -OCH3 is 1.